The summed E-state index contributed by atoms with van der Waals surface area (Å²) in [7, 11) is 2.20. The predicted molar refractivity (Wildman–Crippen MR) is 84.3 cm³/mol. The first kappa shape index (κ1) is 13.9. The van der Waals surface area contributed by atoms with E-state index in [9.17, 15) is 0 Å². The van der Waals surface area contributed by atoms with Gasteiger partial charge in [0.25, 0.3) is 0 Å². The fourth-order valence-electron chi connectivity index (χ4n) is 3.49. The van der Waals surface area contributed by atoms with Crippen molar-refractivity contribution in [3.05, 3.63) is 29.6 Å². The van der Waals surface area contributed by atoms with Crippen LogP contribution in [0.5, 0.6) is 0 Å². The van der Waals surface area contributed by atoms with Gasteiger partial charge in [-0.05, 0) is 44.5 Å². The van der Waals surface area contributed by atoms with E-state index in [0.29, 0.717) is 17.8 Å². The maximum absolute atomic E-state index is 6.16. The van der Waals surface area contributed by atoms with E-state index in [-0.39, 0.29) is 0 Å². The zero-order valence-corrected chi connectivity index (χ0v) is 13.2. The van der Waals surface area contributed by atoms with Crippen molar-refractivity contribution in [2.24, 2.45) is 5.92 Å². The Labute approximate surface area is 125 Å². The number of halogens is 1. The lowest BCUT2D eigenvalue weighted by Gasteiger charge is -2.36. The average molecular weight is 292 g/mol. The van der Waals surface area contributed by atoms with Crippen LogP contribution in [0.2, 0.25) is 0 Å². The average Bonchev–Trinajstić information content (AvgIpc) is 2.79. The van der Waals surface area contributed by atoms with Crippen molar-refractivity contribution < 1.29 is 0 Å². The fraction of sp³-hybridized carbons (Fsp3) is 0.562. The van der Waals surface area contributed by atoms with Crippen LogP contribution in [0.3, 0.4) is 0 Å². The lowest BCUT2D eigenvalue weighted by molar-refractivity contribution is 0.160. The minimum Gasteiger partial charge on any atom is -0.323 e. The van der Waals surface area contributed by atoms with E-state index in [1.54, 1.807) is 0 Å². The van der Waals surface area contributed by atoms with Crippen LogP contribution < -0.4 is 0 Å². The monoisotopic (exact) mass is 291 g/mol. The van der Waals surface area contributed by atoms with Crippen LogP contribution >= 0.6 is 11.6 Å². The Morgan fingerprint density at radius 2 is 2.20 bits per heavy atom. The second-order valence-corrected chi connectivity index (χ2v) is 6.34. The van der Waals surface area contributed by atoms with Crippen LogP contribution in [-0.2, 0) is 5.88 Å². The number of likely N-dealkylation sites (tertiary alicyclic amines) is 1. The minimum absolute atomic E-state index is 0.479. The lowest BCUT2D eigenvalue weighted by Crippen LogP contribution is -2.38. The number of aromatic nitrogens is 2. The molecule has 0 N–H and O–H groups in total. The maximum atomic E-state index is 6.16. The molecule has 0 spiro atoms. The van der Waals surface area contributed by atoms with Gasteiger partial charge in [0.15, 0.2) is 0 Å². The summed E-state index contributed by atoms with van der Waals surface area (Å²) in [4.78, 5) is 7.19. The second kappa shape index (κ2) is 5.38. The molecule has 2 aromatic rings. The van der Waals surface area contributed by atoms with Gasteiger partial charge in [0, 0.05) is 12.6 Å². The van der Waals surface area contributed by atoms with E-state index >= 15 is 0 Å². The third kappa shape index (κ3) is 2.23. The largest absolute Gasteiger partial charge is 0.323 e. The van der Waals surface area contributed by atoms with Crippen LogP contribution in [0.4, 0.5) is 0 Å². The van der Waals surface area contributed by atoms with Gasteiger partial charge in [-0.25, -0.2) is 4.98 Å². The molecule has 2 atom stereocenters. The molecule has 1 aliphatic rings. The number of benzene rings is 1. The molecule has 3 rings (SSSR count). The van der Waals surface area contributed by atoms with Crippen LogP contribution in [0.15, 0.2) is 18.2 Å². The quantitative estimate of drug-likeness (QED) is 0.789. The SMILES string of the molecule is Cc1cccc2c1nc(CCl)n2C1CCN(C)CC1C. The molecule has 0 radical (unpaired) electrons. The van der Waals surface area contributed by atoms with Gasteiger partial charge in [-0.1, -0.05) is 19.1 Å². The van der Waals surface area contributed by atoms with Crippen LogP contribution in [0.1, 0.15) is 30.8 Å². The fourth-order valence-corrected chi connectivity index (χ4v) is 3.68. The first-order valence-electron chi connectivity index (χ1n) is 7.32. The van der Waals surface area contributed by atoms with Gasteiger partial charge in [0.05, 0.1) is 16.9 Å². The molecule has 1 aromatic heterocycles. The van der Waals surface area contributed by atoms with Crippen molar-refractivity contribution in [3.63, 3.8) is 0 Å². The summed E-state index contributed by atoms with van der Waals surface area (Å²) in [5.74, 6) is 2.11. The maximum Gasteiger partial charge on any atom is 0.125 e. The molecule has 1 fully saturated rings. The van der Waals surface area contributed by atoms with E-state index in [1.807, 2.05) is 0 Å². The number of alkyl halides is 1. The molecule has 1 aliphatic heterocycles. The third-order valence-electron chi connectivity index (χ3n) is 4.51. The Kier molecular flexibility index (Phi) is 3.74. The number of aryl methyl sites for hydroxylation is 1. The Balaban J connectivity index is 2.12. The minimum atomic E-state index is 0.479. The van der Waals surface area contributed by atoms with Crippen molar-refractivity contribution in [1.29, 1.82) is 0 Å². The summed E-state index contributed by atoms with van der Waals surface area (Å²) >= 11 is 6.16. The first-order chi connectivity index (χ1) is 9.61. The summed E-state index contributed by atoms with van der Waals surface area (Å²) in [6, 6.07) is 6.92. The van der Waals surface area contributed by atoms with Crippen LogP contribution in [-0.4, -0.2) is 34.6 Å². The van der Waals surface area contributed by atoms with Gasteiger partial charge in [0.1, 0.15) is 5.82 Å². The molecule has 2 heterocycles. The molecular weight excluding hydrogens is 270 g/mol. The van der Waals surface area contributed by atoms with Crippen molar-refractivity contribution in [3.8, 4) is 0 Å². The number of rotatable bonds is 2. The molecule has 1 aromatic carbocycles. The lowest BCUT2D eigenvalue weighted by atomic mass is 9.93. The zero-order valence-electron chi connectivity index (χ0n) is 12.4. The van der Waals surface area contributed by atoms with Gasteiger partial charge in [-0.2, -0.15) is 0 Å². The number of nitrogens with zero attached hydrogens (tertiary/aromatic N) is 3. The summed E-state index contributed by atoms with van der Waals surface area (Å²) < 4.78 is 2.40. The summed E-state index contributed by atoms with van der Waals surface area (Å²) in [6.07, 6.45) is 1.17. The number of fused-ring (bicyclic) bond motifs is 1. The number of hydrogen-bond donors (Lipinski definition) is 0. The van der Waals surface area contributed by atoms with E-state index in [0.717, 1.165) is 24.4 Å². The van der Waals surface area contributed by atoms with Crippen molar-refractivity contribution >= 4 is 22.6 Å². The predicted octanol–water partition coefficient (Wildman–Crippen LogP) is 3.60. The Morgan fingerprint density at radius 1 is 1.40 bits per heavy atom. The normalized spacial score (nSPS) is 24.4. The van der Waals surface area contributed by atoms with Gasteiger partial charge in [-0.3, -0.25) is 0 Å². The van der Waals surface area contributed by atoms with Crippen molar-refractivity contribution in [2.75, 3.05) is 20.1 Å². The van der Waals surface area contributed by atoms with Crippen LogP contribution in [0, 0.1) is 12.8 Å². The Bertz CT molecular complexity index is 619. The highest BCUT2D eigenvalue weighted by Gasteiger charge is 2.28. The molecule has 0 amide bonds. The molecule has 108 valence electrons. The molecule has 0 bridgehead atoms. The van der Waals surface area contributed by atoms with E-state index in [2.05, 4.69) is 48.6 Å². The third-order valence-corrected chi connectivity index (χ3v) is 4.75. The summed E-state index contributed by atoms with van der Waals surface area (Å²) in [5, 5.41) is 0. The molecule has 1 saturated heterocycles. The van der Waals surface area contributed by atoms with E-state index < -0.39 is 0 Å². The first-order valence-corrected chi connectivity index (χ1v) is 7.86. The zero-order chi connectivity index (χ0) is 14.3. The number of imidazole rings is 1. The topological polar surface area (TPSA) is 21.1 Å². The van der Waals surface area contributed by atoms with Gasteiger partial charge < -0.3 is 9.47 Å². The van der Waals surface area contributed by atoms with E-state index in [4.69, 9.17) is 16.6 Å². The highest BCUT2D eigenvalue weighted by molar-refractivity contribution is 6.16. The van der Waals surface area contributed by atoms with Crippen molar-refractivity contribution in [2.45, 2.75) is 32.2 Å². The molecular formula is C16H22ClN3. The smallest absolute Gasteiger partial charge is 0.125 e. The number of para-hydroxylation sites is 1. The molecule has 3 nitrogen and oxygen atoms in total. The van der Waals surface area contributed by atoms with Crippen molar-refractivity contribution in [1.82, 2.24) is 14.5 Å². The molecule has 0 aliphatic carbocycles. The summed E-state index contributed by atoms with van der Waals surface area (Å²) in [6.45, 7) is 6.73. The molecule has 2 unspecified atom stereocenters. The highest BCUT2D eigenvalue weighted by atomic mass is 35.5. The molecule has 4 heteroatoms. The number of hydrogen-bond acceptors (Lipinski definition) is 2. The Morgan fingerprint density at radius 3 is 2.90 bits per heavy atom. The second-order valence-electron chi connectivity index (χ2n) is 6.07. The highest BCUT2D eigenvalue weighted by Crippen LogP contribution is 2.33. The van der Waals surface area contributed by atoms with Gasteiger partial charge >= 0.3 is 0 Å². The van der Waals surface area contributed by atoms with Gasteiger partial charge in [-0.15, -0.1) is 11.6 Å². The van der Waals surface area contributed by atoms with Crippen LogP contribution in [0.25, 0.3) is 11.0 Å². The summed E-state index contributed by atoms with van der Waals surface area (Å²) in [5.41, 5.74) is 3.57. The Hall–Kier alpha value is -1.06. The molecule has 0 saturated carbocycles. The van der Waals surface area contributed by atoms with E-state index in [1.165, 1.54) is 17.5 Å². The number of piperidine rings is 1. The standard InChI is InChI=1S/C16H22ClN3/c1-11-5-4-6-14-16(11)18-15(9-17)20(14)13-7-8-19(3)10-12(13)2/h4-6,12-13H,7-10H2,1-3H3. The van der Waals surface area contributed by atoms with Gasteiger partial charge in [0.2, 0.25) is 0 Å². The molecule has 20 heavy (non-hydrogen) atoms.